The molecule has 0 spiro atoms. The zero-order valence-electron chi connectivity index (χ0n) is 11.9. The molecule has 1 heterocycles. The van der Waals surface area contributed by atoms with Gasteiger partial charge in [-0.1, -0.05) is 18.2 Å². The first-order chi connectivity index (χ1) is 9.74. The Hall–Kier alpha value is -1.35. The quantitative estimate of drug-likeness (QED) is 0.774. The van der Waals surface area contributed by atoms with Crippen LogP contribution < -0.4 is 0 Å². The summed E-state index contributed by atoms with van der Waals surface area (Å²) in [4.78, 5) is 14.7. The number of hydrogen-bond donors (Lipinski definition) is 0. The topological polar surface area (TPSA) is 29.5 Å². The van der Waals surface area contributed by atoms with E-state index in [0.29, 0.717) is 17.4 Å². The molecular weight excluding hydrogens is 250 g/mol. The van der Waals surface area contributed by atoms with Crippen LogP contribution in [-0.4, -0.2) is 37.1 Å². The molecule has 1 saturated heterocycles. The lowest BCUT2D eigenvalue weighted by Crippen LogP contribution is -2.28. The number of carbonyl (C=O) groups is 1. The van der Waals surface area contributed by atoms with Crippen molar-refractivity contribution in [2.24, 2.45) is 23.7 Å². The fourth-order valence-electron chi connectivity index (χ4n) is 4.86. The van der Waals surface area contributed by atoms with E-state index in [4.69, 9.17) is 4.74 Å². The second kappa shape index (κ2) is 4.59. The van der Waals surface area contributed by atoms with Gasteiger partial charge < -0.3 is 9.64 Å². The highest BCUT2D eigenvalue weighted by molar-refractivity contribution is 5.89. The van der Waals surface area contributed by atoms with Gasteiger partial charge in [-0.2, -0.15) is 0 Å². The number of fused-ring (bicyclic) bond motifs is 5. The molecule has 4 unspecified atom stereocenters. The van der Waals surface area contributed by atoms with E-state index in [1.54, 1.807) is 0 Å². The molecular formula is C17H21NO2. The molecule has 0 amide bonds. The summed E-state index contributed by atoms with van der Waals surface area (Å²) in [5.74, 6) is 2.57. The molecule has 0 N–H and O–H groups in total. The van der Waals surface area contributed by atoms with Crippen molar-refractivity contribution < 1.29 is 9.53 Å². The smallest absolute Gasteiger partial charge is 0.338 e. The summed E-state index contributed by atoms with van der Waals surface area (Å²) in [5, 5.41) is 0. The van der Waals surface area contributed by atoms with Crippen molar-refractivity contribution in [1.82, 2.24) is 4.90 Å². The minimum atomic E-state index is -0.138. The molecule has 20 heavy (non-hydrogen) atoms. The van der Waals surface area contributed by atoms with Crippen LogP contribution in [0, 0.1) is 23.7 Å². The molecule has 0 aromatic heterocycles. The van der Waals surface area contributed by atoms with Crippen molar-refractivity contribution >= 4 is 5.97 Å². The highest BCUT2D eigenvalue weighted by Crippen LogP contribution is 2.56. The van der Waals surface area contributed by atoms with Crippen molar-refractivity contribution in [3.63, 3.8) is 0 Å². The van der Waals surface area contributed by atoms with Gasteiger partial charge >= 0.3 is 5.97 Å². The van der Waals surface area contributed by atoms with Gasteiger partial charge in [0, 0.05) is 24.9 Å². The predicted molar refractivity (Wildman–Crippen MR) is 76.3 cm³/mol. The van der Waals surface area contributed by atoms with Crippen LogP contribution in [0.3, 0.4) is 0 Å². The van der Waals surface area contributed by atoms with Gasteiger partial charge in [-0.05, 0) is 43.9 Å². The van der Waals surface area contributed by atoms with Crippen molar-refractivity contribution in [3.8, 4) is 0 Å². The van der Waals surface area contributed by atoms with E-state index in [1.807, 2.05) is 30.3 Å². The van der Waals surface area contributed by atoms with E-state index in [1.165, 1.54) is 25.9 Å². The average molecular weight is 271 g/mol. The van der Waals surface area contributed by atoms with Crippen LogP contribution in [0.1, 0.15) is 23.2 Å². The summed E-state index contributed by atoms with van der Waals surface area (Å²) in [5.41, 5.74) is 0.682. The van der Waals surface area contributed by atoms with Crippen molar-refractivity contribution in [1.29, 1.82) is 0 Å². The van der Waals surface area contributed by atoms with Crippen LogP contribution in [0.25, 0.3) is 0 Å². The zero-order valence-corrected chi connectivity index (χ0v) is 11.9. The molecule has 3 aliphatic rings. The fourth-order valence-corrected chi connectivity index (χ4v) is 4.86. The van der Waals surface area contributed by atoms with E-state index in [0.717, 1.165) is 11.8 Å². The van der Waals surface area contributed by atoms with E-state index in [9.17, 15) is 4.79 Å². The predicted octanol–water partition coefficient (Wildman–Crippen LogP) is 2.43. The molecule has 3 heteroatoms. The van der Waals surface area contributed by atoms with E-state index >= 15 is 0 Å². The van der Waals surface area contributed by atoms with Gasteiger partial charge in [0.15, 0.2) is 0 Å². The van der Waals surface area contributed by atoms with Crippen molar-refractivity contribution in [3.05, 3.63) is 35.9 Å². The SMILES string of the molecule is CN1CC2C(C1)C1CCC2C1OC(=O)c1ccccc1. The zero-order chi connectivity index (χ0) is 13.7. The first-order valence-corrected chi connectivity index (χ1v) is 7.68. The second-order valence-corrected chi connectivity index (χ2v) is 6.69. The Balaban J connectivity index is 1.50. The minimum absolute atomic E-state index is 0.138. The fraction of sp³-hybridized carbons (Fsp3) is 0.588. The van der Waals surface area contributed by atoms with Gasteiger partial charge in [-0.15, -0.1) is 0 Å². The van der Waals surface area contributed by atoms with Gasteiger partial charge in [0.05, 0.1) is 5.56 Å². The number of nitrogens with zero attached hydrogens (tertiary/aromatic N) is 1. The summed E-state index contributed by atoms with van der Waals surface area (Å²) >= 11 is 0. The highest BCUT2D eigenvalue weighted by Gasteiger charge is 2.58. The molecule has 1 aromatic carbocycles. The van der Waals surface area contributed by atoms with Gasteiger partial charge in [-0.25, -0.2) is 4.79 Å². The van der Waals surface area contributed by atoms with Crippen molar-refractivity contribution in [2.75, 3.05) is 20.1 Å². The first-order valence-electron chi connectivity index (χ1n) is 7.68. The van der Waals surface area contributed by atoms with Gasteiger partial charge in [0.25, 0.3) is 0 Å². The third-order valence-corrected chi connectivity index (χ3v) is 5.62. The number of rotatable bonds is 2. The number of benzene rings is 1. The van der Waals surface area contributed by atoms with E-state index < -0.39 is 0 Å². The maximum absolute atomic E-state index is 12.3. The van der Waals surface area contributed by atoms with Crippen LogP contribution in [-0.2, 0) is 4.74 Å². The highest BCUT2D eigenvalue weighted by atomic mass is 16.5. The lowest BCUT2D eigenvalue weighted by atomic mass is 9.82. The molecule has 3 nitrogen and oxygen atoms in total. The molecule has 2 bridgehead atoms. The first kappa shape index (κ1) is 12.4. The Kier molecular flexibility index (Phi) is 2.84. The Bertz CT molecular complexity index is 495. The van der Waals surface area contributed by atoms with Gasteiger partial charge in [0.1, 0.15) is 6.10 Å². The number of esters is 1. The summed E-state index contributed by atoms with van der Waals surface area (Å²) < 4.78 is 5.90. The Labute approximate surface area is 119 Å². The summed E-state index contributed by atoms with van der Waals surface area (Å²) in [6, 6.07) is 9.39. The van der Waals surface area contributed by atoms with E-state index in [2.05, 4.69) is 11.9 Å². The van der Waals surface area contributed by atoms with Crippen LogP contribution in [0.4, 0.5) is 0 Å². The minimum Gasteiger partial charge on any atom is -0.458 e. The van der Waals surface area contributed by atoms with Crippen LogP contribution in [0.15, 0.2) is 30.3 Å². The lowest BCUT2D eigenvalue weighted by molar-refractivity contribution is 0.0139. The molecule has 2 saturated carbocycles. The lowest BCUT2D eigenvalue weighted by Gasteiger charge is -2.21. The molecule has 3 fully saturated rings. The normalized spacial score (nSPS) is 39.0. The molecule has 1 aliphatic heterocycles. The molecule has 2 aliphatic carbocycles. The molecule has 0 radical (unpaired) electrons. The number of ether oxygens (including phenoxy) is 1. The Morgan fingerprint density at radius 1 is 1.05 bits per heavy atom. The third-order valence-electron chi connectivity index (χ3n) is 5.62. The van der Waals surface area contributed by atoms with Crippen molar-refractivity contribution in [2.45, 2.75) is 18.9 Å². The summed E-state index contributed by atoms with van der Waals surface area (Å²) in [6.07, 6.45) is 2.66. The second-order valence-electron chi connectivity index (χ2n) is 6.69. The maximum Gasteiger partial charge on any atom is 0.338 e. The molecule has 4 atom stereocenters. The summed E-state index contributed by atoms with van der Waals surface area (Å²) in [6.45, 7) is 2.37. The number of likely N-dealkylation sites (tertiary alicyclic amines) is 1. The monoisotopic (exact) mass is 271 g/mol. The number of hydrogen-bond acceptors (Lipinski definition) is 3. The Morgan fingerprint density at radius 3 is 2.25 bits per heavy atom. The van der Waals surface area contributed by atoms with Crippen LogP contribution in [0.2, 0.25) is 0 Å². The summed E-state index contributed by atoms with van der Waals surface area (Å²) in [7, 11) is 2.21. The van der Waals surface area contributed by atoms with Gasteiger partial charge in [0.2, 0.25) is 0 Å². The van der Waals surface area contributed by atoms with Crippen LogP contribution >= 0.6 is 0 Å². The third kappa shape index (κ3) is 1.80. The maximum atomic E-state index is 12.3. The standard InChI is InChI=1S/C17H21NO2/c1-18-9-14-12-7-8-13(15(14)10-18)16(12)20-17(19)11-5-3-2-4-6-11/h2-6,12-16H,7-10H2,1H3. The van der Waals surface area contributed by atoms with E-state index in [-0.39, 0.29) is 12.1 Å². The average Bonchev–Trinajstić information content (AvgIpc) is 3.10. The largest absolute Gasteiger partial charge is 0.458 e. The molecule has 4 rings (SSSR count). The molecule has 1 aromatic rings. The molecule has 106 valence electrons. The van der Waals surface area contributed by atoms with Crippen LogP contribution in [0.5, 0.6) is 0 Å². The van der Waals surface area contributed by atoms with Gasteiger partial charge in [-0.3, -0.25) is 0 Å². The number of carbonyl (C=O) groups excluding carboxylic acids is 1. The Morgan fingerprint density at radius 2 is 1.65 bits per heavy atom.